The number of rotatable bonds is 4. The van der Waals surface area contributed by atoms with Crippen molar-refractivity contribution in [2.45, 2.75) is 25.7 Å². The van der Waals surface area contributed by atoms with E-state index in [-0.39, 0.29) is 17.3 Å². The van der Waals surface area contributed by atoms with Crippen molar-refractivity contribution >= 4 is 23.1 Å². The topological polar surface area (TPSA) is 55.1 Å². The SMILES string of the molecule is NC(=S)CC(=O)NCC1CCC1. The van der Waals surface area contributed by atoms with Crippen LogP contribution in [-0.4, -0.2) is 17.4 Å². The third-order valence-corrected chi connectivity index (χ3v) is 2.29. The van der Waals surface area contributed by atoms with Crippen LogP contribution in [0.5, 0.6) is 0 Å². The van der Waals surface area contributed by atoms with Gasteiger partial charge < -0.3 is 11.1 Å². The molecule has 0 saturated heterocycles. The molecule has 0 aromatic rings. The van der Waals surface area contributed by atoms with Crippen LogP contribution < -0.4 is 11.1 Å². The van der Waals surface area contributed by atoms with Crippen LogP contribution in [0.1, 0.15) is 25.7 Å². The third kappa shape index (κ3) is 3.17. The lowest BCUT2D eigenvalue weighted by atomic mass is 9.85. The molecule has 0 heterocycles. The van der Waals surface area contributed by atoms with Crippen LogP contribution in [0.2, 0.25) is 0 Å². The van der Waals surface area contributed by atoms with E-state index in [2.05, 4.69) is 17.5 Å². The number of carbonyl (C=O) groups is 1. The Hall–Kier alpha value is -0.640. The average molecular weight is 186 g/mol. The van der Waals surface area contributed by atoms with Crippen LogP contribution in [0, 0.1) is 5.92 Å². The molecule has 1 aliphatic rings. The van der Waals surface area contributed by atoms with Crippen molar-refractivity contribution in [1.82, 2.24) is 5.32 Å². The summed E-state index contributed by atoms with van der Waals surface area (Å²) in [5.74, 6) is 0.648. The van der Waals surface area contributed by atoms with Crippen LogP contribution in [0.25, 0.3) is 0 Å². The second-order valence-corrected chi connectivity index (χ2v) is 3.77. The first-order valence-corrected chi connectivity index (χ1v) is 4.64. The molecule has 0 aromatic heterocycles. The van der Waals surface area contributed by atoms with Gasteiger partial charge in [-0.05, 0) is 18.8 Å². The number of nitrogens with one attached hydrogen (secondary N) is 1. The first-order valence-electron chi connectivity index (χ1n) is 4.23. The highest BCUT2D eigenvalue weighted by Crippen LogP contribution is 2.24. The first-order chi connectivity index (χ1) is 5.68. The summed E-state index contributed by atoms with van der Waals surface area (Å²) in [6, 6.07) is 0. The summed E-state index contributed by atoms with van der Waals surface area (Å²) in [7, 11) is 0. The summed E-state index contributed by atoms with van der Waals surface area (Å²) < 4.78 is 0. The van der Waals surface area contributed by atoms with Gasteiger partial charge in [-0.15, -0.1) is 0 Å². The average Bonchev–Trinajstić information content (AvgIpc) is 1.81. The van der Waals surface area contributed by atoms with E-state index < -0.39 is 0 Å². The summed E-state index contributed by atoms with van der Waals surface area (Å²) >= 11 is 4.61. The molecule has 0 radical (unpaired) electrons. The zero-order valence-corrected chi connectivity index (χ0v) is 7.82. The Kier molecular flexibility index (Phi) is 3.47. The van der Waals surface area contributed by atoms with E-state index in [1.165, 1.54) is 19.3 Å². The van der Waals surface area contributed by atoms with Crippen molar-refractivity contribution in [2.75, 3.05) is 6.54 Å². The van der Waals surface area contributed by atoms with Gasteiger partial charge in [-0.2, -0.15) is 0 Å². The molecule has 3 N–H and O–H groups in total. The second-order valence-electron chi connectivity index (χ2n) is 3.24. The zero-order chi connectivity index (χ0) is 8.97. The lowest BCUT2D eigenvalue weighted by molar-refractivity contribution is -0.120. The molecule has 4 heteroatoms. The summed E-state index contributed by atoms with van der Waals surface area (Å²) in [5, 5.41) is 2.81. The second kappa shape index (κ2) is 4.40. The molecule has 1 saturated carbocycles. The standard InChI is InChI=1S/C8H14N2OS/c9-7(12)4-8(11)10-5-6-2-1-3-6/h6H,1-5H2,(H2,9,12)(H,10,11). The summed E-state index contributed by atoms with van der Waals surface area (Å²) in [6.45, 7) is 0.793. The van der Waals surface area contributed by atoms with E-state index in [1.54, 1.807) is 0 Å². The van der Waals surface area contributed by atoms with Crippen LogP contribution >= 0.6 is 12.2 Å². The van der Waals surface area contributed by atoms with Crippen molar-refractivity contribution in [1.29, 1.82) is 0 Å². The number of nitrogens with two attached hydrogens (primary N) is 1. The highest BCUT2D eigenvalue weighted by molar-refractivity contribution is 7.80. The fraction of sp³-hybridized carbons (Fsp3) is 0.750. The van der Waals surface area contributed by atoms with Crippen molar-refractivity contribution in [2.24, 2.45) is 11.7 Å². The molecule has 12 heavy (non-hydrogen) atoms. The Bertz CT molecular complexity index is 189. The number of hydrogen-bond donors (Lipinski definition) is 2. The number of carbonyl (C=O) groups excluding carboxylic acids is 1. The summed E-state index contributed by atoms with van der Waals surface area (Å²) in [5.41, 5.74) is 5.22. The van der Waals surface area contributed by atoms with Crippen LogP contribution in [0.3, 0.4) is 0 Å². The molecule has 3 nitrogen and oxygen atoms in total. The smallest absolute Gasteiger partial charge is 0.226 e. The lowest BCUT2D eigenvalue weighted by Crippen LogP contribution is -2.34. The molecule has 1 rings (SSSR count). The van der Waals surface area contributed by atoms with Gasteiger partial charge in [-0.1, -0.05) is 18.6 Å². The van der Waals surface area contributed by atoms with Gasteiger partial charge >= 0.3 is 0 Å². The molecule has 0 aromatic carbocycles. The van der Waals surface area contributed by atoms with Crippen LogP contribution in [0.4, 0.5) is 0 Å². The minimum absolute atomic E-state index is 0.0469. The number of amides is 1. The predicted octanol–water partition coefficient (Wildman–Crippen LogP) is 0.579. The predicted molar refractivity (Wildman–Crippen MR) is 51.8 cm³/mol. The van der Waals surface area contributed by atoms with Crippen molar-refractivity contribution < 1.29 is 4.79 Å². The quantitative estimate of drug-likeness (QED) is 0.631. The number of thiocarbonyl (C=S) groups is 1. The van der Waals surface area contributed by atoms with Crippen molar-refractivity contribution in [3.05, 3.63) is 0 Å². The zero-order valence-electron chi connectivity index (χ0n) is 7.01. The summed E-state index contributed by atoms with van der Waals surface area (Å²) in [4.78, 5) is 11.3. The molecule has 0 unspecified atom stereocenters. The lowest BCUT2D eigenvalue weighted by Gasteiger charge is -2.25. The minimum Gasteiger partial charge on any atom is -0.393 e. The van der Waals surface area contributed by atoms with Crippen molar-refractivity contribution in [3.8, 4) is 0 Å². The van der Waals surface area contributed by atoms with Crippen molar-refractivity contribution in [3.63, 3.8) is 0 Å². The monoisotopic (exact) mass is 186 g/mol. The van der Waals surface area contributed by atoms with E-state index in [0.29, 0.717) is 5.92 Å². The third-order valence-electron chi connectivity index (χ3n) is 2.15. The van der Waals surface area contributed by atoms with E-state index in [0.717, 1.165) is 6.54 Å². The molecule has 0 spiro atoms. The van der Waals surface area contributed by atoms with Gasteiger partial charge in [0.25, 0.3) is 0 Å². The number of hydrogen-bond acceptors (Lipinski definition) is 2. The summed E-state index contributed by atoms with van der Waals surface area (Å²) in [6.07, 6.45) is 3.97. The van der Waals surface area contributed by atoms with Gasteiger partial charge in [0, 0.05) is 6.54 Å². The van der Waals surface area contributed by atoms with E-state index in [4.69, 9.17) is 5.73 Å². The van der Waals surface area contributed by atoms with Gasteiger partial charge in [0.1, 0.15) is 0 Å². The Morgan fingerprint density at radius 3 is 2.67 bits per heavy atom. The maximum atomic E-state index is 11.0. The van der Waals surface area contributed by atoms with Gasteiger partial charge in [0.2, 0.25) is 5.91 Å². The van der Waals surface area contributed by atoms with Gasteiger partial charge in [-0.3, -0.25) is 4.79 Å². The molecule has 0 bridgehead atoms. The first kappa shape index (κ1) is 9.45. The maximum absolute atomic E-state index is 11.0. The fourth-order valence-corrected chi connectivity index (χ4v) is 1.31. The minimum atomic E-state index is -0.0469. The van der Waals surface area contributed by atoms with E-state index >= 15 is 0 Å². The Morgan fingerprint density at radius 2 is 2.25 bits per heavy atom. The Balaban J connectivity index is 2.05. The van der Waals surface area contributed by atoms with E-state index in [9.17, 15) is 4.79 Å². The molecule has 1 amide bonds. The highest BCUT2D eigenvalue weighted by Gasteiger charge is 2.17. The fourth-order valence-electron chi connectivity index (χ4n) is 1.18. The van der Waals surface area contributed by atoms with Gasteiger partial charge in [-0.25, -0.2) is 0 Å². The van der Waals surface area contributed by atoms with E-state index in [1.807, 2.05) is 0 Å². The molecular formula is C8H14N2OS. The van der Waals surface area contributed by atoms with Crippen LogP contribution in [0.15, 0.2) is 0 Å². The molecule has 68 valence electrons. The largest absolute Gasteiger partial charge is 0.393 e. The highest BCUT2D eigenvalue weighted by atomic mass is 32.1. The molecule has 1 aliphatic carbocycles. The Morgan fingerprint density at radius 1 is 1.58 bits per heavy atom. The molecular weight excluding hydrogens is 172 g/mol. The maximum Gasteiger partial charge on any atom is 0.226 e. The molecule has 0 aliphatic heterocycles. The van der Waals surface area contributed by atoms with Gasteiger partial charge in [0.15, 0.2) is 0 Å². The molecule has 1 fully saturated rings. The van der Waals surface area contributed by atoms with Gasteiger partial charge in [0.05, 0.1) is 11.4 Å². The Labute approximate surface area is 77.7 Å². The van der Waals surface area contributed by atoms with Crippen LogP contribution in [-0.2, 0) is 4.79 Å². The normalized spacial score (nSPS) is 16.7. The molecule has 0 atom stereocenters.